The number of amides is 1. The Balaban J connectivity index is 1.97. The molecule has 1 amide bonds. The van der Waals surface area contributed by atoms with Crippen LogP contribution in [-0.4, -0.2) is 29.6 Å². The number of carbonyl (C=O) groups is 1. The molecule has 19 heavy (non-hydrogen) atoms. The van der Waals surface area contributed by atoms with E-state index < -0.39 is 0 Å². The first-order valence-corrected chi connectivity index (χ1v) is 6.57. The highest BCUT2D eigenvalue weighted by Gasteiger charge is 2.07. The summed E-state index contributed by atoms with van der Waals surface area (Å²) in [6.07, 6.45) is 4.52. The van der Waals surface area contributed by atoms with E-state index in [2.05, 4.69) is 47.5 Å². The Kier molecular flexibility index (Phi) is 4.22. The van der Waals surface area contributed by atoms with Crippen LogP contribution < -0.4 is 5.43 Å². The normalized spacial score (nSPS) is 11.2. The van der Waals surface area contributed by atoms with Gasteiger partial charge in [-0.2, -0.15) is 0 Å². The number of aromatic nitrogens is 1. The quantitative estimate of drug-likeness (QED) is 0.835. The second-order valence-corrected chi connectivity index (χ2v) is 5.07. The minimum atomic E-state index is 0.0743. The van der Waals surface area contributed by atoms with Crippen LogP contribution in [0.4, 0.5) is 0 Å². The van der Waals surface area contributed by atoms with Gasteiger partial charge in [0.25, 0.3) is 0 Å². The smallest absolute Gasteiger partial charge is 0.234 e. The van der Waals surface area contributed by atoms with Crippen molar-refractivity contribution in [2.24, 2.45) is 7.05 Å². The lowest BCUT2D eigenvalue weighted by molar-refractivity contribution is -0.124. The minimum Gasteiger partial charge on any atom is -0.350 e. The molecule has 0 spiro atoms. The molecule has 4 nitrogen and oxygen atoms in total. The van der Waals surface area contributed by atoms with Crippen LogP contribution in [0.5, 0.6) is 0 Å². The Hall–Kier alpha value is -1.81. The van der Waals surface area contributed by atoms with Crippen LogP contribution >= 0.6 is 0 Å². The second-order valence-electron chi connectivity index (χ2n) is 5.07. The maximum Gasteiger partial charge on any atom is 0.234 e. The van der Waals surface area contributed by atoms with Crippen LogP contribution in [0.3, 0.4) is 0 Å². The van der Waals surface area contributed by atoms with Crippen LogP contribution in [0.15, 0.2) is 30.5 Å². The number of benzene rings is 1. The maximum absolute atomic E-state index is 11.6. The lowest BCUT2D eigenvalue weighted by Crippen LogP contribution is -2.35. The first-order chi connectivity index (χ1) is 9.08. The zero-order chi connectivity index (χ0) is 13.8. The topological polar surface area (TPSA) is 37.3 Å². The van der Waals surface area contributed by atoms with Crippen molar-refractivity contribution in [1.82, 2.24) is 15.0 Å². The van der Waals surface area contributed by atoms with Crippen molar-refractivity contribution in [3.63, 3.8) is 0 Å². The fraction of sp³-hybridized carbons (Fsp3) is 0.400. The molecule has 1 heterocycles. The van der Waals surface area contributed by atoms with Gasteiger partial charge in [-0.15, -0.1) is 0 Å². The van der Waals surface area contributed by atoms with Gasteiger partial charge in [0.15, 0.2) is 0 Å². The van der Waals surface area contributed by atoms with Crippen molar-refractivity contribution in [3.8, 4) is 0 Å². The zero-order valence-electron chi connectivity index (χ0n) is 11.8. The van der Waals surface area contributed by atoms with Crippen molar-refractivity contribution < 1.29 is 4.79 Å². The Morgan fingerprint density at radius 1 is 1.32 bits per heavy atom. The van der Waals surface area contributed by atoms with Crippen molar-refractivity contribution in [2.75, 3.05) is 14.1 Å². The SMILES string of the molecule is CN(C)NC(=O)CCCc1cn(C)c2ccccc12. The highest BCUT2D eigenvalue weighted by atomic mass is 16.2. The van der Waals surface area contributed by atoms with Crippen LogP contribution in [0.25, 0.3) is 10.9 Å². The minimum absolute atomic E-state index is 0.0743. The number of hydrogen-bond donors (Lipinski definition) is 1. The van der Waals surface area contributed by atoms with Gasteiger partial charge in [-0.05, 0) is 24.5 Å². The highest BCUT2D eigenvalue weighted by Crippen LogP contribution is 2.21. The molecule has 1 N–H and O–H groups in total. The van der Waals surface area contributed by atoms with Gasteiger partial charge in [0.05, 0.1) is 0 Å². The molecule has 2 rings (SSSR count). The summed E-state index contributed by atoms with van der Waals surface area (Å²) in [6, 6.07) is 8.38. The predicted molar refractivity (Wildman–Crippen MR) is 77.7 cm³/mol. The van der Waals surface area contributed by atoms with Crippen molar-refractivity contribution in [1.29, 1.82) is 0 Å². The number of nitrogens with one attached hydrogen (secondary N) is 1. The van der Waals surface area contributed by atoms with Crippen LogP contribution in [0.2, 0.25) is 0 Å². The molecule has 0 saturated heterocycles. The number of para-hydroxylation sites is 1. The summed E-state index contributed by atoms with van der Waals surface area (Å²) >= 11 is 0. The van der Waals surface area contributed by atoms with E-state index >= 15 is 0 Å². The monoisotopic (exact) mass is 259 g/mol. The summed E-state index contributed by atoms with van der Waals surface area (Å²) < 4.78 is 2.14. The first-order valence-electron chi connectivity index (χ1n) is 6.57. The molecule has 0 saturated carbocycles. The van der Waals surface area contributed by atoms with E-state index in [1.54, 1.807) is 5.01 Å². The second kappa shape index (κ2) is 5.89. The van der Waals surface area contributed by atoms with Gasteiger partial charge in [-0.1, -0.05) is 18.2 Å². The van der Waals surface area contributed by atoms with Gasteiger partial charge in [0.1, 0.15) is 0 Å². The molecule has 4 heteroatoms. The van der Waals surface area contributed by atoms with Gasteiger partial charge < -0.3 is 4.57 Å². The molecular weight excluding hydrogens is 238 g/mol. The third-order valence-electron chi connectivity index (χ3n) is 3.18. The molecule has 1 aromatic heterocycles. The van der Waals surface area contributed by atoms with E-state index in [1.807, 2.05) is 14.1 Å². The summed E-state index contributed by atoms with van der Waals surface area (Å²) in [5, 5.41) is 2.97. The van der Waals surface area contributed by atoms with Crippen molar-refractivity contribution in [2.45, 2.75) is 19.3 Å². The molecule has 0 atom stereocenters. The summed E-state index contributed by atoms with van der Waals surface area (Å²) in [5.74, 6) is 0.0743. The summed E-state index contributed by atoms with van der Waals surface area (Å²) in [5.41, 5.74) is 5.32. The number of hydrogen-bond acceptors (Lipinski definition) is 2. The molecule has 102 valence electrons. The van der Waals surface area contributed by atoms with Gasteiger partial charge in [0.2, 0.25) is 5.91 Å². The van der Waals surface area contributed by atoms with Crippen LogP contribution in [0, 0.1) is 0 Å². The van der Waals surface area contributed by atoms with Gasteiger partial charge >= 0.3 is 0 Å². The fourth-order valence-corrected chi connectivity index (χ4v) is 2.37. The Labute approximate surface area is 114 Å². The molecule has 0 aliphatic heterocycles. The van der Waals surface area contributed by atoms with E-state index in [4.69, 9.17) is 0 Å². The third-order valence-corrected chi connectivity index (χ3v) is 3.18. The van der Waals surface area contributed by atoms with E-state index in [0.717, 1.165) is 12.8 Å². The van der Waals surface area contributed by atoms with E-state index in [0.29, 0.717) is 6.42 Å². The standard InChI is InChI=1S/C15H21N3O/c1-17(2)16-15(19)10-6-7-12-11-18(3)14-9-5-4-8-13(12)14/h4-5,8-9,11H,6-7,10H2,1-3H3,(H,16,19). The summed E-state index contributed by atoms with van der Waals surface area (Å²) in [7, 11) is 5.70. The zero-order valence-corrected chi connectivity index (χ0v) is 11.8. The van der Waals surface area contributed by atoms with E-state index in [-0.39, 0.29) is 5.91 Å². The molecule has 0 unspecified atom stereocenters. The van der Waals surface area contributed by atoms with Gasteiger partial charge in [0, 0.05) is 44.7 Å². The van der Waals surface area contributed by atoms with Gasteiger partial charge in [-0.25, -0.2) is 5.01 Å². The third kappa shape index (κ3) is 3.35. The van der Waals surface area contributed by atoms with E-state index in [1.165, 1.54) is 16.5 Å². The number of aryl methyl sites for hydroxylation is 2. The molecule has 0 aliphatic rings. The van der Waals surface area contributed by atoms with Crippen LogP contribution in [0.1, 0.15) is 18.4 Å². The maximum atomic E-state index is 11.6. The lowest BCUT2D eigenvalue weighted by Gasteiger charge is -2.11. The molecule has 1 aromatic carbocycles. The molecule has 0 fully saturated rings. The number of carbonyl (C=O) groups excluding carboxylic acids is 1. The first kappa shape index (κ1) is 13.6. The molecule has 0 aliphatic carbocycles. The number of fused-ring (bicyclic) bond motifs is 1. The largest absolute Gasteiger partial charge is 0.350 e. The predicted octanol–water partition coefficient (Wildman–Crippen LogP) is 2.09. The summed E-state index contributed by atoms with van der Waals surface area (Å²) in [6.45, 7) is 0. The van der Waals surface area contributed by atoms with Gasteiger partial charge in [-0.3, -0.25) is 10.2 Å². The van der Waals surface area contributed by atoms with E-state index in [9.17, 15) is 4.79 Å². The Bertz CT molecular complexity index is 572. The molecule has 0 radical (unpaired) electrons. The average molecular weight is 259 g/mol. The molecule has 0 bridgehead atoms. The highest BCUT2D eigenvalue weighted by molar-refractivity contribution is 5.84. The number of nitrogens with zero attached hydrogens (tertiary/aromatic N) is 2. The Morgan fingerprint density at radius 2 is 2.05 bits per heavy atom. The Morgan fingerprint density at radius 3 is 2.79 bits per heavy atom. The van der Waals surface area contributed by atoms with Crippen molar-refractivity contribution >= 4 is 16.8 Å². The molecule has 2 aromatic rings. The number of rotatable bonds is 5. The lowest BCUT2D eigenvalue weighted by atomic mass is 10.1. The average Bonchev–Trinajstić information content (AvgIpc) is 2.66. The fourth-order valence-electron chi connectivity index (χ4n) is 2.37. The molecular formula is C15H21N3O. The van der Waals surface area contributed by atoms with Crippen molar-refractivity contribution in [3.05, 3.63) is 36.0 Å². The van der Waals surface area contributed by atoms with Crippen LogP contribution in [-0.2, 0) is 18.3 Å². The number of hydrazine groups is 1. The summed E-state index contributed by atoms with van der Waals surface area (Å²) in [4.78, 5) is 11.6.